The molecule has 2 unspecified atom stereocenters. The largest absolute Gasteiger partial charge is 0.311 e. The van der Waals surface area contributed by atoms with Crippen molar-refractivity contribution in [1.82, 2.24) is 5.32 Å². The third kappa shape index (κ3) is 6.80. The van der Waals surface area contributed by atoms with Crippen LogP contribution in [0.5, 0.6) is 0 Å². The zero-order valence-corrected chi connectivity index (χ0v) is 12.0. The van der Waals surface area contributed by atoms with Gasteiger partial charge in [0.25, 0.3) is 0 Å². The van der Waals surface area contributed by atoms with Gasteiger partial charge in [0.15, 0.2) is 0 Å². The van der Waals surface area contributed by atoms with Gasteiger partial charge in [-0.1, -0.05) is 39.0 Å². The molecule has 0 aromatic carbocycles. The molecular weight excluding hydrogens is 214 g/mol. The Labute approximate surface area is 106 Å². The van der Waals surface area contributed by atoms with Crippen molar-refractivity contribution in [3.63, 3.8) is 0 Å². The molecule has 0 spiro atoms. The van der Waals surface area contributed by atoms with Crippen LogP contribution in [0.1, 0.15) is 65.2 Å². The van der Waals surface area contributed by atoms with Gasteiger partial charge >= 0.3 is 0 Å². The fourth-order valence-corrected chi connectivity index (χ4v) is 3.50. The van der Waals surface area contributed by atoms with E-state index >= 15 is 0 Å². The summed E-state index contributed by atoms with van der Waals surface area (Å²) in [6.45, 7) is 4.64. The first-order valence-electron chi connectivity index (χ1n) is 7.16. The zero-order valence-electron chi connectivity index (χ0n) is 11.1. The number of hydrogen-bond acceptors (Lipinski definition) is 2. The Bertz CT molecular complexity index is 155. The van der Waals surface area contributed by atoms with Gasteiger partial charge in [0, 0.05) is 17.8 Å². The molecule has 1 nitrogen and oxygen atoms in total. The van der Waals surface area contributed by atoms with Gasteiger partial charge in [-0.2, -0.15) is 11.8 Å². The minimum absolute atomic E-state index is 0.727. The third-order valence-corrected chi connectivity index (χ3v) is 4.64. The first-order valence-corrected chi connectivity index (χ1v) is 8.32. The molecule has 0 aliphatic carbocycles. The maximum absolute atomic E-state index is 3.79. The molecule has 0 aromatic heterocycles. The summed E-state index contributed by atoms with van der Waals surface area (Å²) in [5.41, 5.74) is 0. The Balaban J connectivity index is 1.95. The Morgan fingerprint density at radius 2 is 2.06 bits per heavy atom. The van der Waals surface area contributed by atoms with Crippen LogP contribution in [-0.2, 0) is 0 Å². The van der Waals surface area contributed by atoms with Crippen LogP contribution in [0.15, 0.2) is 0 Å². The van der Waals surface area contributed by atoms with Gasteiger partial charge in [0.05, 0.1) is 0 Å². The monoisotopic (exact) mass is 243 g/mol. The minimum Gasteiger partial charge on any atom is -0.311 e. The lowest BCUT2D eigenvalue weighted by Gasteiger charge is -2.26. The van der Waals surface area contributed by atoms with Gasteiger partial charge in [-0.15, -0.1) is 0 Å². The van der Waals surface area contributed by atoms with Crippen LogP contribution in [0, 0.1) is 0 Å². The summed E-state index contributed by atoms with van der Waals surface area (Å²) < 4.78 is 0. The molecular formula is C14H29NS. The second kappa shape index (κ2) is 9.35. The minimum atomic E-state index is 0.727. The molecule has 1 aliphatic rings. The van der Waals surface area contributed by atoms with Crippen molar-refractivity contribution in [1.29, 1.82) is 0 Å². The summed E-state index contributed by atoms with van der Waals surface area (Å²) >= 11 is 2.12. The smallest absolute Gasteiger partial charge is 0.0160 e. The van der Waals surface area contributed by atoms with E-state index in [0.29, 0.717) is 0 Å². The van der Waals surface area contributed by atoms with Crippen LogP contribution < -0.4 is 5.32 Å². The van der Waals surface area contributed by atoms with Crippen molar-refractivity contribution in [3.05, 3.63) is 0 Å². The van der Waals surface area contributed by atoms with E-state index in [4.69, 9.17) is 0 Å². The summed E-state index contributed by atoms with van der Waals surface area (Å²) in [6.07, 6.45) is 11.2. The van der Waals surface area contributed by atoms with Crippen molar-refractivity contribution in [3.8, 4) is 0 Å². The van der Waals surface area contributed by atoms with E-state index < -0.39 is 0 Å². The number of nitrogens with one attached hydrogen (secondary N) is 1. The molecule has 1 saturated heterocycles. The summed E-state index contributed by atoms with van der Waals surface area (Å²) in [5.74, 6) is 2.71. The highest BCUT2D eigenvalue weighted by Crippen LogP contribution is 2.18. The maximum Gasteiger partial charge on any atom is 0.0160 e. The fourth-order valence-electron chi connectivity index (χ4n) is 2.41. The quantitative estimate of drug-likeness (QED) is 0.641. The predicted molar refractivity (Wildman–Crippen MR) is 76.3 cm³/mol. The van der Waals surface area contributed by atoms with E-state index in [1.807, 2.05) is 0 Å². The molecule has 0 bridgehead atoms. The summed E-state index contributed by atoms with van der Waals surface area (Å²) in [7, 11) is 0. The molecule has 1 N–H and O–H groups in total. The number of rotatable bonds is 8. The van der Waals surface area contributed by atoms with Gasteiger partial charge in [-0.25, -0.2) is 0 Å². The van der Waals surface area contributed by atoms with Crippen LogP contribution in [0.25, 0.3) is 0 Å². The molecule has 1 fully saturated rings. The molecule has 1 heterocycles. The second-order valence-electron chi connectivity index (χ2n) is 5.18. The Morgan fingerprint density at radius 3 is 2.75 bits per heavy atom. The highest BCUT2D eigenvalue weighted by molar-refractivity contribution is 7.99. The highest BCUT2D eigenvalue weighted by Gasteiger charge is 2.15. The SMILES string of the molecule is CCCCCCCC(C)NC1CCCSC1. The molecule has 2 atom stereocenters. The van der Waals surface area contributed by atoms with Crippen molar-refractivity contribution in [2.45, 2.75) is 77.3 Å². The van der Waals surface area contributed by atoms with E-state index in [0.717, 1.165) is 12.1 Å². The lowest BCUT2D eigenvalue weighted by atomic mass is 10.1. The average molecular weight is 243 g/mol. The summed E-state index contributed by atoms with van der Waals surface area (Å²) in [4.78, 5) is 0. The van der Waals surface area contributed by atoms with E-state index in [9.17, 15) is 0 Å². The van der Waals surface area contributed by atoms with Gasteiger partial charge in [0.2, 0.25) is 0 Å². The fraction of sp³-hybridized carbons (Fsp3) is 1.00. The van der Waals surface area contributed by atoms with Crippen LogP contribution in [-0.4, -0.2) is 23.6 Å². The van der Waals surface area contributed by atoms with Crippen LogP contribution in [0.3, 0.4) is 0 Å². The Kier molecular flexibility index (Phi) is 8.40. The van der Waals surface area contributed by atoms with Crippen molar-refractivity contribution in [2.24, 2.45) is 0 Å². The van der Waals surface area contributed by atoms with Crippen molar-refractivity contribution >= 4 is 11.8 Å². The standard InChI is InChI=1S/C14H29NS/c1-3-4-5-6-7-9-13(2)15-14-10-8-11-16-12-14/h13-15H,3-12H2,1-2H3. The van der Waals surface area contributed by atoms with Gasteiger partial charge in [-0.05, 0) is 31.9 Å². The van der Waals surface area contributed by atoms with Crippen molar-refractivity contribution < 1.29 is 0 Å². The Morgan fingerprint density at radius 1 is 1.25 bits per heavy atom. The maximum atomic E-state index is 3.79. The number of unbranched alkanes of at least 4 members (excludes halogenated alkanes) is 4. The van der Waals surface area contributed by atoms with E-state index in [1.54, 1.807) is 0 Å². The number of thioether (sulfide) groups is 1. The molecule has 96 valence electrons. The van der Waals surface area contributed by atoms with Crippen LogP contribution >= 0.6 is 11.8 Å². The highest BCUT2D eigenvalue weighted by atomic mass is 32.2. The molecule has 0 radical (unpaired) electrons. The van der Waals surface area contributed by atoms with Crippen molar-refractivity contribution in [2.75, 3.05) is 11.5 Å². The van der Waals surface area contributed by atoms with E-state index in [2.05, 4.69) is 30.9 Å². The first kappa shape index (κ1) is 14.4. The van der Waals surface area contributed by atoms with Crippen LogP contribution in [0.2, 0.25) is 0 Å². The topological polar surface area (TPSA) is 12.0 Å². The zero-order chi connectivity index (χ0) is 11.6. The van der Waals surface area contributed by atoms with Gasteiger partial charge in [-0.3, -0.25) is 0 Å². The number of hydrogen-bond donors (Lipinski definition) is 1. The molecule has 0 amide bonds. The molecule has 0 saturated carbocycles. The van der Waals surface area contributed by atoms with Gasteiger partial charge in [0.1, 0.15) is 0 Å². The van der Waals surface area contributed by atoms with E-state index in [-0.39, 0.29) is 0 Å². The molecule has 16 heavy (non-hydrogen) atoms. The lowest BCUT2D eigenvalue weighted by molar-refractivity contribution is 0.412. The molecule has 2 heteroatoms. The molecule has 0 aromatic rings. The Hall–Kier alpha value is 0.310. The van der Waals surface area contributed by atoms with E-state index in [1.165, 1.54) is 62.9 Å². The first-order chi connectivity index (χ1) is 7.83. The summed E-state index contributed by atoms with van der Waals surface area (Å²) in [5, 5.41) is 3.79. The average Bonchev–Trinajstić information content (AvgIpc) is 2.30. The second-order valence-corrected chi connectivity index (χ2v) is 6.33. The van der Waals surface area contributed by atoms with Crippen LogP contribution in [0.4, 0.5) is 0 Å². The predicted octanol–water partition coefficient (Wildman–Crippen LogP) is 4.22. The summed E-state index contributed by atoms with van der Waals surface area (Å²) in [6, 6.07) is 1.52. The molecule has 1 rings (SSSR count). The lowest BCUT2D eigenvalue weighted by Crippen LogP contribution is -2.39. The van der Waals surface area contributed by atoms with Gasteiger partial charge < -0.3 is 5.32 Å². The molecule has 1 aliphatic heterocycles. The third-order valence-electron chi connectivity index (χ3n) is 3.42. The normalized spacial score (nSPS) is 23.2.